The standard InChI is InChI=1S/C13H18FIN2/c1-2-17-7-5-11(6-8-17)16-13-4-3-10(14)9-12(13)15/h3-4,9,11,16H,2,5-8H2,1H3. The van der Waals surface area contributed by atoms with Crippen LogP contribution in [0.1, 0.15) is 19.8 Å². The summed E-state index contributed by atoms with van der Waals surface area (Å²) in [6.07, 6.45) is 2.34. The molecule has 17 heavy (non-hydrogen) atoms. The molecule has 94 valence electrons. The van der Waals surface area contributed by atoms with Gasteiger partial charge in [0.15, 0.2) is 0 Å². The molecule has 2 nitrogen and oxygen atoms in total. The molecule has 1 aliphatic heterocycles. The van der Waals surface area contributed by atoms with Gasteiger partial charge < -0.3 is 10.2 Å². The molecule has 0 bridgehead atoms. The van der Waals surface area contributed by atoms with E-state index in [1.807, 2.05) is 6.07 Å². The fraction of sp³-hybridized carbons (Fsp3) is 0.538. The van der Waals surface area contributed by atoms with Gasteiger partial charge in [0.2, 0.25) is 0 Å². The molecule has 0 aromatic heterocycles. The van der Waals surface area contributed by atoms with E-state index < -0.39 is 0 Å². The lowest BCUT2D eigenvalue weighted by Crippen LogP contribution is -2.38. The normalized spacial score (nSPS) is 18.3. The van der Waals surface area contributed by atoms with Gasteiger partial charge in [-0.15, -0.1) is 0 Å². The Balaban J connectivity index is 1.93. The van der Waals surface area contributed by atoms with Gasteiger partial charge in [0.25, 0.3) is 0 Å². The molecule has 0 radical (unpaired) electrons. The van der Waals surface area contributed by atoms with Crippen LogP contribution >= 0.6 is 22.6 Å². The third-order valence-electron chi connectivity index (χ3n) is 3.33. The summed E-state index contributed by atoms with van der Waals surface area (Å²) >= 11 is 2.18. The van der Waals surface area contributed by atoms with E-state index in [0.717, 1.165) is 28.9 Å². The minimum absolute atomic E-state index is 0.166. The highest BCUT2D eigenvalue weighted by molar-refractivity contribution is 14.1. The van der Waals surface area contributed by atoms with Crippen LogP contribution in [-0.2, 0) is 0 Å². The van der Waals surface area contributed by atoms with Crippen LogP contribution in [0.5, 0.6) is 0 Å². The van der Waals surface area contributed by atoms with Gasteiger partial charge in [-0.05, 0) is 60.2 Å². The van der Waals surface area contributed by atoms with Gasteiger partial charge in [0, 0.05) is 28.4 Å². The van der Waals surface area contributed by atoms with E-state index in [1.165, 1.54) is 18.9 Å². The molecule has 0 saturated carbocycles. The zero-order chi connectivity index (χ0) is 12.3. The second kappa shape index (κ2) is 6.00. The maximum atomic E-state index is 13.0. The highest BCUT2D eigenvalue weighted by Gasteiger charge is 2.18. The van der Waals surface area contributed by atoms with Crippen molar-refractivity contribution in [3.8, 4) is 0 Å². The number of halogens is 2. The topological polar surface area (TPSA) is 15.3 Å². The Labute approximate surface area is 116 Å². The Morgan fingerprint density at radius 3 is 2.71 bits per heavy atom. The summed E-state index contributed by atoms with van der Waals surface area (Å²) in [5.74, 6) is -0.166. The smallest absolute Gasteiger partial charge is 0.124 e. The van der Waals surface area contributed by atoms with Gasteiger partial charge in [-0.2, -0.15) is 0 Å². The number of rotatable bonds is 3. The fourth-order valence-corrected chi connectivity index (χ4v) is 2.85. The molecule has 0 spiro atoms. The summed E-state index contributed by atoms with van der Waals surface area (Å²) < 4.78 is 13.9. The van der Waals surface area contributed by atoms with Crippen LogP contribution in [0.4, 0.5) is 10.1 Å². The van der Waals surface area contributed by atoms with E-state index in [2.05, 4.69) is 39.7 Å². The third kappa shape index (κ3) is 3.55. The number of likely N-dealkylation sites (tertiary alicyclic amines) is 1. The molecule has 1 saturated heterocycles. The molecule has 4 heteroatoms. The SMILES string of the molecule is CCN1CCC(Nc2ccc(F)cc2I)CC1. The number of benzene rings is 1. The molecule has 0 amide bonds. The average Bonchev–Trinajstić information content (AvgIpc) is 2.34. The number of piperidine rings is 1. The largest absolute Gasteiger partial charge is 0.381 e. The highest BCUT2D eigenvalue weighted by atomic mass is 127. The van der Waals surface area contributed by atoms with Crippen molar-refractivity contribution >= 4 is 28.3 Å². The number of anilines is 1. The summed E-state index contributed by atoms with van der Waals surface area (Å²) in [6, 6.07) is 5.45. The molecule has 1 aromatic carbocycles. The summed E-state index contributed by atoms with van der Waals surface area (Å²) in [6.45, 7) is 5.66. The number of hydrogen-bond donors (Lipinski definition) is 1. The van der Waals surface area contributed by atoms with Crippen molar-refractivity contribution in [3.05, 3.63) is 27.6 Å². The first-order chi connectivity index (χ1) is 8.19. The van der Waals surface area contributed by atoms with Crippen LogP contribution in [-0.4, -0.2) is 30.6 Å². The van der Waals surface area contributed by atoms with Crippen molar-refractivity contribution in [2.45, 2.75) is 25.8 Å². The van der Waals surface area contributed by atoms with Crippen molar-refractivity contribution in [2.24, 2.45) is 0 Å². The third-order valence-corrected chi connectivity index (χ3v) is 4.22. The zero-order valence-electron chi connectivity index (χ0n) is 10.0. The lowest BCUT2D eigenvalue weighted by Gasteiger charge is -2.32. The maximum absolute atomic E-state index is 13.0. The lowest BCUT2D eigenvalue weighted by atomic mass is 10.0. The molecule has 0 unspecified atom stereocenters. The summed E-state index contributed by atoms with van der Waals surface area (Å²) in [7, 11) is 0. The predicted molar refractivity (Wildman–Crippen MR) is 77.9 cm³/mol. The van der Waals surface area contributed by atoms with Gasteiger partial charge in [-0.25, -0.2) is 4.39 Å². The molecule has 0 atom stereocenters. The quantitative estimate of drug-likeness (QED) is 0.843. The first-order valence-electron chi connectivity index (χ1n) is 6.13. The van der Waals surface area contributed by atoms with Gasteiger partial charge >= 0.3 is 0 Å². The first-order valence-corrected chi connectivity index (χ1v) is 7.21. The number of nitrogens with zero attached hydrogens (tertiary/aromatic N) is 1. The molecule has 1 fully saturated rings. The zero-order valence-corrected chi connectivity index (χ0v) is 12.2. The van der Waals surface area contributed by atoms with Gasteiger partial charge in [0.05, 0.1) is 0 Å². The maximum Gasteiger partial charge on any atom is 0.124 e. The van der Waals surface area contributed by atoms with Crippen LogP contribution in [0, 0.1) is 9.39 Å². The van der Waals surface area contributed by atoms with Crippen molar-refractivity contribution < 1.29 is 4.39 Å². The molecular formula is C13H18FIN2. The Morgan fingerprint density at radius 2 is 2.12 bits per heavy atom. The summed E-state index contributed by atoms with van der Waals surface area (Å²) in [5.41, 5.74) is 1.06. The van der Waals surface area contributed by atoms with Crippen LogP contribution in [0.15, 0.2) is 18.2 Å². The molecule has 1 heterocycles. The van der Waals surface area contributed by atoms with E-state index in [4.69, 9.17) is 0 Å². The second-order valence-electron chi connectivity index (χ2n) is 4.48. The van der Waals surface area contributed by atoms with E-state index >= 15 is 0 Å². The van der Waals surface area contributed by atoms with Crippen LogP contribution in [0.2, 0.25) is 0 Å². The molecule has 1 aromatic rings. The summed E-state index contributed by atoms with van der Waals surface area (Å²) in [4.78, 5) is 2.47. The van der Waals surface area contributed by atoms with Gasteiger partial charge in [-0.1, -0.05) is 6.92 Å². The van der Waals surface area contributed by atoms with Crippen molar-refractivity contribution in [2.75, 3.05) is 25.0 Å². The predicted octanol–water partition coefficient (Wildman–Crippen LogP) is 3.33. The van der Waals surface area contributed by atoms with Crippen LogP contribution in [0.25, 0.3) is 0 Å². The molecule has 1 N–H and O–H groups in total. The van der Waals surface area contributed by atoms with Gasteiger partial charge in [0.1, 0.15) is 5.82 Å². The molecular weight excluding hydrogens is 330 g/mol. The molecule has 0 aliphatic carbocycles. The monoisotopic (exact) mass is 348 g/mol. The van der Waals surface area contributed by atoms with Crippen LogP contribution < -0.4 is 5.32 Å². The van der Waals surface area contributed by atoms with Crippen molar-refractivity contribution in [1.82, 2.24) is 4.90 Å². The molecule has 2 rings (SSSR count). The number of hydrogen-bond acceptors (Lipinski definition) is 2. The Bertz CT molecular complexity index is 376. The first kappa shape index (κ1) is 13.1. The van der Waals surface area contributed by atoms with E-state index in [0.29, 0.717) is 6.04 Å². The summed E-state index contributed by atoms with van der Waals surface area (Å²) in [5, 5.41) is 3.52. The number of nitrogens with one attached hydrogen (secondary N) is 1. The van der Waals surface area contributed by atoms with E-state index in [-0.39, 0.29) is 5.82 Å². The van der Waals surface area contributed by atoms with Crippen molar-refractivity contribution in [1.29, 1.82) is 0 Å². The minimum atomic E-state index is -0.166. The highest BCUT2D eigenvalue weighted by Crippen LogP contribution is 2.22. The Hall–Kier alpha value is -0.360. The van der Waals surface area contributed by atoms with Crippen molar-refractivity contribution in [3.63, 3.8) is 0 Å². The minimum Gasteiger partial charge on any atom is -0.381 e. The van der Waals surface area contributed by atoms with Crippen LogP contribution in [0.3, 0.4) is 0 Å². The fourth-order valence-electron chi connectivity index (χ4n) is 2.22. The molecule has 1 aliphatic rings. The Kier molecular flexibility index (Phi) is 4.62. The van der Waals surface area contributed by atoms with E-state index in [9.17, 15) is 4.39 Å². The van der Waals surface area contributed by atoms with E-state index in [1.54, 1.807) is 6.07 Å². The average molecular weight is 348 g/mol. The second-order valence-corrected chi connectivity index (χ2v) is 5.64. The van der Waals surface area contributed by atoms with Gasteiger partial charge in [-0.3, -0.25) is 0 Å². The Morgan fingerprint density at radius 1 is 1.41 bits per heavy atom. The lowest BCUT2D eigenvalue weighted by molar-refractivity contribution is 0.229.